The molecule has 0 saturated heterocycles. The van der Waals surface area contributed by atoms with E-state index in [-0.39, 0.29) is 5.91 Å². The molecule has 1 amide bonds. The molecule has 19 heavy (non-hydrogen) atoms. The van der Waals surface area contributed by atoms with Gasteiger partial charge in [-0.1, -0.05) is 23.9 Å². The molecular weight excluding hydrogens is 264 g/mol. The molecule has 2 rings (SSSR count). The molecule has 0 atom stereocenters. The first-order valence-electron chi connectivity index (χ1n) is 5.67. The molecule has 0 aliphatic carbocycles. The standard InChI is InChI=1S/C12H14N4O2S/c1-18-10-5-3-2-4-9(10)16-8-14-15-12(16)19-7-6-11(13)17/h2-5,8H,6-7H2,1H3,(H2,13,17). The van der Waals surface area contributed by atoms with Crippen LogP contribution in [0.3, 0.4) is 0 Å². The van der Waals surface area contributed by atoms with Crippen molar-refractivity contribution in [3.8, 4) is 11.4 Å². The Kier molecular flexibility index (Phi) is 4.40. The van der Waals surface area contributed by atoms with E-state index in [1.165, 1.54) is 11.8 Å². The van der Waals surface area contributed by atoms with Crippen molar-refractivity contribution in [2.45, 2.75) is 11.6 Å². The number of primary amides is 1. The van der Waals surface area contributed by atoms with Crippen LogP contribution in [0.15, 0.2) is 35.7 Å². The average Bonchev–Trinajstić information content (AvgIpc) is 2.86. The Balaban J connectivity index is 2.21. The van der Waals surface area contributed by atoms with Gasteiger partial charge in [-0.25, -0.2) is 0 Å². The van der Waals surface area contributed by atoms with Crippen molar-refractivity contribution in [3.05, 3.63) is 30.6 Å². The third-order valence-corrected chi connectivity index (χ3v) is 3.39. The minimum absolute atomic E-state index is 0.309. The summed E-state index contributed by atoms with van der Waals surface area (Å²) in [6, 6.07) is 7.59. The number of carbonyl (C=O) groups is 1. The Hall–Kier alpha value is -2.02. The maximum atomic E-state index is 10.7. The van der Waals surface area contributed by atoms with E-state index in [2.05, 4.69) is 10.2 Å². The van der Waals surface area contributed by atoms with Crippen LogP contribution in [0.1, 0.15) is 6.42 Å². The number of hydrogen-bond acceptors (Lipinski definition) is 5. The van der Waals surface area contributed by atoms with E-state index >= 15 is 0 Å². The molecule has 7 heteroatoms. The summed E-state index contributed by atoms with van der Waals surface area (Å²) in [4.78, 5) is 10.7. The average molecular weight is 278 g/mol. The largest absolute Gasteiger partial charge is 0.495 e. The molecule has 2 aromatic rings. The van der Waals surface area contributed by atoms with Crippen molar-refractivity contribution >= 4 is 17.7 Å². The van der Waals surface area contributed by atoms with Crippen LogP contribution in [0, 0.1) is 0 Å². The molecule has 0 spiro atoms. The highest BCUT2D eigenvalue weighted by atomic mass is 32.2. The number of para-hydroxylation sites is 2. The van der Waals surface area contributed by atoms with E-state index in [1.54, 1.807) is 13.4 Å². The lowest BCUT2D eigenvalue weighted by atomic mass is 10.3. The van der Waals surface area contributed by atoms with Gasteiger partial charge in [0.05, 0.1) is 12.8 Å². The number of nitrogens with two attached hydrogens (primary N) is 1. The molecule has 0 fully saturated rings. The van der Waals surface area contributed by atoms with Crippen molar-refractivity contribution in [1.82, 2.24) is 14.8 Å². The Labute approximate surface area is 115 Å². The molecule has 0 aliphatic rings. The maximum Gasteiger partial charge on any atom is 0.218 e. The third-order valence-electron chi connectivity index (χ3n) is 2.44. The van der Waals surface area contributed by atoms with Gasteiger partial charge in [-0.3, -0.25) is 9.36 Å². The molecular formula is C12H14N4O2S. The van der Waals surface area contributed by atoms with Crippen molar-refractivity contribution in [2.75, 3.05) is 12.9 Å². The highest BCUT2D eigenvalue weighted by Gasteiger charge is 2.11. The van der Waals surface area contributed by atoms with Gasteiger partial charge in [0.15, 0.2) is 5.16 Å². The minimum Gasteiger partial charge on any atom is -0.495 e. The number of nitrogens with zero attached hydrogens (tertiary/aromatic N) is 3. The van der Waals surface area contributed by atoms with Gasteiger partial charge in [0, 0.05) is 12.2 Å². The fraction of sp³-hybridized carbons (Fsp3) is 0.250. The fourth-order valence-corrected chi connectivity index (χ4v) is 2.44. The molecule has 1 heterocycles. The number of benzene rings is 1. The van der Waals surface area contributed by atoms with Crippen LogP contribution >= 0.6 is 11.8 Å². The van der Waals surface area contributed by atoms with Crippen LogP contribution in [0.4, 0.5) is 0 Å². The van der Waals surface area contributed by atoms with E-state index in [0.717, 1.165) is 11.4 Å². The summed E-state index contributed by atoms with van der Waals surface area (Å²) < 4.78 is 7.13. The second-order valence-electron chi connectivity index (χ2n) is 3.72. The van der Waals surface area contributed by atoms with Crippen LogP contribution in [0.2, 0.25) is 0 Å². The van der Waals surface area contributed by atoms with E-state index in [0.29, 0.717) is 17.3 Å². The van der Waals surface area contributed by atoms with Crippen LogP contribution in [-0.2, 0) is 4.79 Å². The quantitative estimate of drug-likeness (QED) is 0.804. The third kappa shape index (κ3) is 3.25. The number of amides is 1. The zero-order valence-corrected chi connectivity index (χ0v) is 11.3. The molecule has 100 valence electrons. The molecule has 0 radical (unpaired) electrons. The van der Waals surface area contributed by atoms with E-state index < -0.39 is 0 Å². The normalized spacial score (nSPS) is 10.4. The molecule has 0 saturated carbocycles. The molecule has 1 aromatic carbocycles. The second kappa shape index (κ2) is 6.24. The van der Waals surface area contributed by atoms with Gasteiger partial charge in [-0.2, -0.15) is 0 Å². The highest BCUT2D eigenvalue weighted by molar-refractivity contribution is 7.99. The van der Waals surface area contributed by atoms with Gasteiger partial charge < -0.3 is 10.5 Å². The first-order valence-corrected chi connectivity index (χ1v) is 6.65. The summed E-state index contributed by atoms with van der Waals surface area (Å²) in [6.07, 6.45) is 1.92. The predicted molar refractivity (Wildman–Crippen MR) is 72.4 cm³/mol. The number of hydrogen-bond donors (Lipinski definition) is 1. The van der Waals surface area contributed by atoms with Gasteiger partial charge in [0.25, 0.3) is 0 Å². The lowest BCUT2D eigenvalue weighted by molar-refractivity contribution is -0.117. The van der Waals surface area contributed by atoms with Crippen molar-refractivity contribution in [3.63, 3.8) is 0 Å². The summed E-state index contributed by atoms with van der Waals surface area (Å²) in [6.45, 7) is 0. The van der Waals surface area contributed by atoms with Gasteiger partial charge in [-0.15, -0.1) is 10.2 Å². The molecule has 0 aliphatic heterocycles. The topological polar surface area (TPSA) is 83.0 Å². The first-order chi connectivity index (χ1) is 9.22. The van der Waals surface area contributed by atoms with E-state index in [9.17, 15) is 4.79 Å². The minimum atomic E-state index is -0.323. The van der Waals surface area contributed by atoms with Crippen LogP contribution < -0.4 is 10.5 Å². The summed E-state index contributed by atoms with van der Waals surface area (Å²) in [5.74, 6) is 0.985. The molecule has 2 N–H and O–H groups in total. The Bertz CT molecular complexity index is 570. The van der Waals surface area contributed by atoms with Crippen molar-refractivity contribution in [2.24, 2.45) is 5.73 Å². The van der Waals surface area contributed by atoms with E-state index in [1.807, 2.05) is 28.8 Å². The number of rotatable bonds is 6. The SMILES string of the molecule is COc1ccccc1-n1cnnc1SCCC(N)=O. The number of aromatic nitrogens is 3. The van der Waals surface area contributed by atoms with E-state index in [4.69, 9.17) is 10.5 Å². The van der Waals surface area contributed by atoms with Gasteiger partial charge in [0.2, 0.25) is 5.91 Å². The first kappa shape index (κ1) is 13.4. The second-order valence-corrected chi connectivity index (χ2v) is 4.78. The maximum absolute atomic E-state index is 10.7. The van der Waals surface area contributed by atoms with Gasteiger partial charge >= 0.3 is 0 Å². The lowest BCUT2D eigenvalue weighted by Crippen LogP contribution is -2.11. The lowest BCUT2D eigenvalue weighted by Gasteiger charge is -2.10. The smallest absolute Gasteiger partial charge is 0.218 e. The fourth-order valence-electron chi connectivity index (χ4n) is 1.56. The Morgan fingerprint density at radius 2 is 2.26 bits per heavy atom. The molecule has 0 bridgehead atoms. The Morgan fingerprint density at radius 3 is 3.00 bits per heavy atom. The van der Waals surface area contributed by atoms with Crippen LogP contribution in [-0.4, -0.2) is 33.5 Å². The monoisotopic (exact) mass is 278 g/mol. The highest BCUT2D eigenvalue weighted by Crippen LogP contribution is 2.26. The summed E-state index contributed by atoms with van der Waals surface area (Å²) in [7, 11) is 1.61. The zero-order chi connectivity index (χ0) is 13.7. The molecule has 6 nitrogen and oxygen atoms in total. The van der Waals surface area contributed by atoms with Crippen molar-refractivity contribution < 1.29 is 9.53 Å². The van der Waals surface area contributed by atoms with Crippen molar-refractivity contribution in [1.29, 1.82) is 0 Å². The number of thioether (sulfide) groups is 1. The zero-order valence-electron chi connectivity index (χ0n) is 10.4. The van der Waals surface area contributed by atoms with Crippen LogP contribution in [0.25, 0.3) is 5.69 Å². The summed E-state index contributed by atoms with van der Waals surface area (Å²) in [5.41, 5.74) is 5.97. The summed E-state index contributed by atoms with van der Waals surface area (Å²) in [5, 5.41) is 8.62. The number of ether oxygens (including phenoxy) is 1. The molecule has 0 unspecified atom stereocenters. The van der Waals surface area contributed by atoms with Gasteiger partial charge in [-0.05, 0) is 12.1 Å². The van der Waals surface area contributed by atoms with Crippen LogP contribution in [0.5, 0.6) is 5.75 Å². The Morgan fingerprint density at radius 1 is 1.47 bits per heavy atom. The number of carbonyl (C=O) groups excluding carboxylic acids is 1. The predicted octanol–water partition coefficient (Wildman–Crippen LogP) is 1.24. The molecule has 1 aromatic heterocycles. The summed E-state index contributed by atoms with van der Waals surface area (Å²) >= 11 is 1.43. The number of methoxy groups -OCH3 is 1. The van der Waals surface area contributed by atoms with Gasteiger partial charge in [0.1, 0.15) is 12.1 Å².